The molecule has 6 aromatic rings. The Morgan fingerprint density at radius 2 is 1.39 bits per heavy atom. The Morgan fingerprint density at radius 1 is 0.731 bits per heavy atom. The summed E-state index contributed by atoms with van der Waals surface area (Å²) in [7, 11) is 1.18. The van der Waals surface area contributed by atoms with Crippen LogP contribution in [0.2, 0.25) is 0 Å². The Balaban J connectivity index is 1.09. The summed E-state index contributed by atoms with van der Waals surface area (Å²) in [6.07, 6.45) is 4.25. The molecule has 0 bridgehead atoms. The number of methoxy groups -OCH3 is 1. The summed E-state index contributed by atoms with van der Waals surface area (Å²) in [5, 5.41) is 72.6. The molecule has 0 radical (unpaired) electrons. The highest BCUT2D eigenvalue weighted by molar-refractivity contribution is 6.11. The fourth-order valence-electron chi connectivity index (χ4n) is 6.21. The van der Waals surface area contributed by atoms with Crippen LogP contribution in [0, 0.1) is 0 Å². The average molecular weight is 916 g/mol. The van der Waals surface area contributed by atoms with E-state index in [0.29, 0.717) is 22.5 Å². The number of rotatable bonds is 18. The number of nitrogens with zero attached hydrogens (tertiary/aromatic N) is 3. The number of hydrogen-bond acceptors (Lipinski definition) is 15. The number of pyridine rings is 1. The van der Waals surface area contributed by atoms with E-state index in [2.05, 4.69) is 47.0 Å². The second-order valence-corrected chi connectivity index (χ2v) is 14.2. The normalized spacial score (nSPS) is 11.4. The first-order valence-electron chi connectivity index (χ1n) is 19.8. The number of aliphatic hydroxyl groups is 1. The molecule has 1 atom stereocenters. The first-order chi connectivity index (χ1) is 32.1. The molecule has 67 heavy (non-hydrogen) atoms. The van der Waals surface area contributed by atoms with Gasteiger partial charge in [0.05, 0.1) is 54.4 Å². The number of aromatic hydroxyl groups is 3. The van der Waals surface area contributed by atoms with Crippen molar-refractivity contribution in [2.24, 2.45) is 0 Å². The Bertz CT molecular complexity index is 2830. The Kier molecular flexibility index (Phi) is 15.1. The molecule has 11 N–H and O–H groups in total. The largest absolute Gasteiger partial charge is 0.508 e. The van der Waals surface area contributed by atoms with Crippen molar-refractivity contribution in [2.45, 2.75) is 19.4 Å². The van der Waals surface area contributed by atoms with Gasteiger partial charge in [-0.1, -0.05) is 17.3 Å². The monoisotopic (exact) mass is 915 g/mol. The van der Waals surface area contributed by atoms with Crippen LogP contribution in [0.5, 0.6) is 28.7 Å². The molecule has 6 rings (SSSR count). The summed E-state index contributed by atoms with van der Waals surface area (Å²) < 4.78 is 10.6. The molecule has 0 fully saturated rings. The van der Waals surface area contributed by atoms with E-state index in [4.69, 9.17) is 9.47 Å². The lowest BCUT2D eigenvalue weighted by molar-refractivity contribution is -0.118. The molecule has 4 aromatic carbocycles. The zero-order chi connectivity index (χ0) is 48.2. The zero-order valence-electron chi connectivity index (χ0n) is 35.4. The van der Waals surface area contributed by atoms with Crippen LogP contribution in [0.3, 0.4) is 0 Å². The topological polar surface area (TPSA) is 337 Å². The van der Waals surface area contributed by atoms with Gasteiger partial charge in [0, 0.05) is 23.2 Å². The van der Waals surface area contributed by atoms with Crippen LogP contribution in [0.1, 0.15) is 59.7 Å². The lowest BCUT2D eigenvalue weighted by Gasteiger charge is -2.18. The fourth-order valence-corrected chi connectivity index (χ4v) is 6.21. The van der Waals surface area contributed by atoms with Crippen molar-refractivity contribution in [1.82, 2.24) is 25.7 Å². The Morgan fingerprint density at radius 3 is 2.01 bits per heavy atom. The molecule has 0 saturated carbocycles. The maximum atomic E-state index is 13.6. The fraction of sp³-hybridized carbons (Fsp3) is 0.133. The highest BCUT2D eigenvalue weighted by Crippen LogP contribution is 2.41. The molecule has 2 aromatic heterocycles. The number of aromatic amines is 1. The number of carbonyl (C=O) groups excluding carboxylic acids is 5. The van der Waals surface area contributed by atoms with Gasteiger partial charge in [-0.3, -0.25) is 29.1 Å². The number of ether oxygens (including phenoxy) is 2. The minimum Gasteiger partial charge on any atom is -0.508 e. The molecule has 0 unspecified atom stereocenters. The van der Waals surface area contributed by atoms with Gasteiger partial charge in [0.2, 0.25) is 5.91 Å². The van der Waals surface area contributed by atoms with Gasteiger partial charge < -0.3 is 61.6 Å². The van der Waals surface area contributed by atoms with Crippen LogP contribution in [-0.4, -0.2) is 108 Å². The number of anilines is 4. The molecule has 0 saturated heterocycles. The van der Waals surface area contributed by atoms with E-state index >= 15 is 0 Å². The minimum absolute atomic E-state index is 0.0376. The third-order valence-corrected chi connectivity index (χ3v) is 9.59. The van der Waals surface area contributed by atoms with Crippen LogP contribution in [0.4, 0.5) is 22.7 Å². The van der Waals surface area contributed by atoms with Gasteiger partial charge >= 0.3 is 5.97 Å². The van der Waals surface area contributed by atoms with Crippen molar-refractivity contribution in [3.63, 3.8) is 0 Å². The van der Waals surface area contributed by atoms with Crippen LogP contribution < -0.4 is 36.1 Å². The average Bonchev–Trinajstić information content (AvgIpc) is 3.83. The van der Waals surface area contributed by atoms with Gasteiger partial charge in [-0.25, -0.2) is 9.78 Å². The van der Waals surface area contributed by atoms with E-state index < -0.39 is 71.0 Å². The van der Waals surface area contributed by atoms with Gasteiger partial charge in [0.15, 0.2) is 23.0 Å². The van der Waals surface area contributed by atoms with E-state index in [0.717, 1.165) is 12.1 Å². The molecule has 0 aliphatic heterocycles. The quantitative estimate of drug-likeness (QED) is 0.0544. The highest BCUT2D eigenvalue weighted by atomic mass is 16.5. The van der Waals surface area contributed by atoms with Crippen molar-refractivity contribution in [3.05, 3.63) is 137 Å². The van der Waals surface area contributed by atoms with Crippen molar-refractivity contribution in [3.8, 4) is 28.7 Å². The second-order valence-electron chi connectivity index (χ2n) is 14.2. The molecule has 0 aliphatic rings. The predicted molar refractivity (Wildman–Crippen MR) is 239 cm³/mol. The van der Waals surface area contributed by atoms with Crippen molar-refractivity contribution >= 4 is 64.3 Å². The molecule has 0 spiro atoms. The summed E-state index contributed by atoms with van der Waals surface area (Å²) >= 11 is 0. The van der Waals surface area contributed by atoms with E-state index in [1.54, 1.807) is 25.1 Å². The van der Waals surface area contributed by atoms with Gasteiger partial charge in [-0.05, 0) is 91.4 Å². The summed E-state index contributed by atoms with van der Waals surface area (Å²) in [6, 6.07) is 18.2. The minimum atomic E-state index is -1.48. The third-order valence-electron chi connectivity index (χ3n) is 9.59. The van der Waals surface area contributed by atoms with Crippen LogP contribution in [0.15, 0.2) is 103 Å². The first kappa shape index (κ1) is 47.2. The molecule has 0 aliphatic carbocycles. The summed E-state index contributed by atoms with van der Waals surface area (Å²) in [5.74, 6) is -6.99. The van der Waals surface area contributed by atoms with Gasteiger partial charge in [-0.2, -0.15) is 0 Å². The van der Waals surface area contributed by atoms with Gasteiger partial charge in [0.25, 0.3) is 23.6 Å². The summed E-state index contributed by atoms with van der Waals surface area (Å²) in [4.78, 5) is 81.9. The number of nitrogens with one attached hydrogen (secondary N) is 6. The Labute approximate surface area is 379 Å². The van der Waals surface area contributed by atoms with Crippen LogP contribution >= 0.6 is 0 Å². The number of carboxylic acid groups (broad SMARTS) is 1. The molecular weight excluding hydrogens is 875 g/mol. The molecule has 2 heterocycles. The number of amides is 5. The molecule has 5 amide bonds. The first-order valence-corrected chi connectivity index (χ1v) is 19.8. The number of benzene rings is 4. The SMILES string of the molecule is COc1c(NC(=O)c2ccc(NC(=O)[C@H](Cc3cnn[nH]3)NC(=O)c3ccc(NC(=O)/C(C)=C/c4ccc(O)cc4)cn3)cc2)ccc(C(=O)Nc2ccc(C(=O)O)c(O)c2OCCO)c1O. The van der Waals surface area contributed by atoms with Crippen molar-refractivity contribution in [2.75, 3.05) is 41.6 Å². The summed E-state index contributed by atoms with van der Waals surface area (Å²) in [6.45, 7) is 0.777. The Hall–Kier alpha value is -9.31. The number of aliphatic hydroxyl groups excluding tert-OH is 1. The van der Waals surface area contributed by atoms with Crippen LogP contribution in [-0.2, 0) is 16.0 Å². The number of aromatic nitrogens is 4. The maximum Gasteiger partial charge on any atom is 0.339 e. The summed E-state index contributed by atoms with van der Waals surface area (Å²) in [5.41, 5.74) is 1.02. The standard InChI is InChI=1S/C45H41N9O13/c1-23(19-24-3-10-29(56)11-4-24)40(59)49-27-9-14-34(46-21-27)43(62)52-35(20-28-22-47-54-53-28)44(63)48-26-7-5-25(6-8-26)41(60)50-32-15-12-30(36(57)38(32)66-2)42(61)51-33-16-13-31(45(64)65)37(58)39(33)67-18-17-55/h3-16,19,21-22,35,55-58H,17-18,20H2,1-2H3,(H,48,63)(H,49,59)(H,50,60)(H,51,61)(H,52,62)(H,64,65)(H,47,53,54)/b23-19+/t35-/m0/s1. The third kappa shape index (κ3) is 11.8. The second kappa shape index (κ2) is 21.4. The number of carbonyl (C=O) groups is 6. The van der Waals surface area contributed by atoms with E-state index in [-0.39, 0.29) is 58.4 Å². The number of carboxylic acids is 1. The molecular formula is C45H41N9O13. The molecule has 344 valence electrons. The number of hydrogen-bond donors (Lipinski definition) is 11. The van der Waals surface area contributed by atoms with Crippen LogP contribution in [0.25, 0.3) is 6.08 Å². The van der Waals surface area contributed by atoms with E-state index in [9.17, 15) is 54.3 Å². The highest BCUT2D eigenvalue weighted by Gasteiger charge is 2.26. The number of phenolic OH excluding ortho intramolecular Hbond substituents is 2. The van der Waals surface area contributed by atoms with E-state index in [1.807, 2.05) is 0 Å². The van der Waals surface area contributed by atoms with Gasteiger partial charge in [-0.15, -0.1) is 5.10 Å². The predicted octanol–water partition coefficient (Wildman–Crippen LogP) is 3.92. The zero-order valence-corrected chi connectivity index (χ0v) is 35.4. The van der Waals surface area contributed by atoms with Crippen molar-refractivity contribution in [1.29, 1.82) is 0 Å². The smallest absolute Gasteiger partial charge is 0.339 e. The molecule has 22 nitrogen and oxygen atoms in total. The van der Waals surface area contributed by atoms with E-state index in [1.165, 1.54) is 80.2 Å². The number of H-pyrrole nitrogens is 1. The number of phenols is 3. The van der Waals surface area contributed by atoms with Crippen molar-refractivity contribution < 1.29 is 63.8 Å². The number of aromatic carboxylic acids is 1. The maximum absolute atomic E-state index is 13.6. The molecule has 22 heteroatoms. The lowest BCUT2D eigenvalue weighted by atomic mass is 10.1. The lowest BCUT2D eigenvalue weighted by Crippen LogP contribution is -2.45. The van der Waals surface area contributed by atoms with Gasteiger partial charge in [0.1, 0.15) is 29.7 Å².